The Labute approximate surface area is 123 Å². The van der Waals surface area contributed by atoms with Crippen molar-refractivity contribution in [3.63, 3.8) is 0 Å². The second-order valence-corrected chi connectivity index (χ2v) is 4.69. The Kier molecular flexibility index (Phi) is 6.17. The highest BCUT2D eigenvalue weighted by atomic mass is 16.5. The first-order valence-electron chi connectivity index (χ1n) is 6.48. The largest absolute Gasteiger partial charge is 0.497 e. The van der Waals surface area contributed by atoms with E-state index in [0.29, 0.717) is 17.1 Å². The maximum absolute atomic E-state index is 12.1. The molecule has 0 radical (unpaired) electrons. The molecule has 21 heavy (non-hydrogen) atoms. The number of hydrogen-bond acceptors (Lipinski definition) is 6. The molecule has 1 aromatic rings. The van der Waals surface area contributed by atoms with Crippen LogP contribution in [-0.4, -0.2) is 43.8 Å². The van der Waals surface area contributed by atoms with Crippen molar-refractivity contribution in [3.05, 3.63) is 23.3 Å². The third-order valence-electron chi connectivity index (χ3n) is 2.82. The first-order chi connectivity index (χ1) is 9.88. The molecule has 0 aliphatic heterocycles. The van der Waals surface area contributed by atoms with Crippen molar-refractivity contribution in [2.75, 3.05) is 20.8 Å². The molecule has 0 heterocycles. The maximum Gasteiger partial charge on any atom is 0.342 e. The average Bonchev–Trinajstić information content (AvgIpc) is 2.42. The van der Waals surface area contributed by atoms with E-state index >= 15 is 0 Å². The van der Waals surface area contributed by atoms with Crippen molar-refractivity contribution in [2.45, 2.75) is 26.4 Å². The Morgan fingerprint density at radius 2 is 1.90 bits per heavy atom. The lowest BCUT2D eigenvalue weighted by atomic mass is 10.1. The number of benzene rings is 1. The first kappa shape index (κ1) is 17.0. The SMILES string of the molecule is COc1cc(C)c(C(=O)OCC(=O)C[C@H](C)O)c(OC)c1. The fourth-order valence-electron chi connectivity index (χ4n) is 1.87. The number of aliphatic hydroxyl groups excluding tert-OH is 1. The minimum Gasteiger partial charge on any atom is -0.497 e. The van der Waals surface area contributed by atoms with E-state index < -0.39 is 12.1 Å². The molecule has 1 atom stereocenters. The van der Waals surface area contributed by atoms with Crippen molar-refractivity contribution >= 4 is 11.8 Å². The Bertz CT molecular complexity index is 521. The second-order valence-electron chi connectivity index (χ2n) is 4.69. The number of carbonyl (C=O) groups excluding carboxylic acids is 2. The summed E-state index contributed by atoms with van der Waals surface area (Å²) in [7, 11) is 2.95. The molecular formula is C15H20O6. The maximum atomic E-state index is 12.1. The van der Waals surface area contributed by atoms with Gasteiger partial charge in [0.05, 0.1) is 20.3 Å². The van der Waals surface area contributed by atoms with Crippen LogP contribution in [0.4, 0.5) is 0 Å². The summed E-state index contributed by atoms with van der Waals surface area (Å²) in [5.41, 5.74) is 0.877. The van der Waals surface area contributed by atoms with Gasteiger partial charge in [-0.25, -0.2) is 4.79 Å². The van der Waals surface area contributed by atoms with Gasteiger partial charge in [-0.1, -0.05) is 0 Å². The second kappa shape index (κ2) is 7.64. The zero-order valence-corrected chi connectivity index (χ0v) is 12.6. The van der Waals surface area contributed by atoms with Gasteiger partial charge in [-0.3, -0.25) is 4.79 Å². The number of ketones is 1. The Hall–Kier alpha value is -2.08. The summed E-state index contributed by atoms with van der Waals surface area (Å²) >= 11 is 0. The summed E-state index contributed by atoms with van der Waals surface area (Å²) in [6.07, 6.45) is -0.806. The van der Waals surface area contributed by atoms with Crippen LogP contribution in [0.5, 0.6) is 11.5 Å². The molecule has 0 bridgehead atoms. The molecule has 1 N–H and O–H groups in total. The molecule has 0 amide bonds. The zero-order valence-electron chi connectivity index (χ0n) is 12.6. The number of Topliss-reactive ketones (excluding diaryl/α,β-unsaturated/α-hetero) is 1. The predicted molar refractivity (Wildman–Crippen MR) is 75.9 cm³/mol. The molecule has 116 valence electrons. The van der Waals surface area contributed by atoms with Gasteiger partial charge in [-0.2, -0.15) is 0 Å². The van der Waals surface area contributed by atoms with Crippen LogP contribution in [0.3, 0.4) is 0 Å². The predicted octanol–water partition coefficient (Wildman–Crippen LogP) is 1.51. The lowest BCUT2D eigenvalue weighted by Crippen LogP contribution is -2.18. The lowest BCUT2D eigenvalue weighted by molar-refractivity contribution is -0.123. The smallest absolute Gasteiger partial charge is 0.342 e. The van der Waals surface area contributed by atoms with Crippen molar-refractivity contribution in [1.29, 1.82) is 0 Å². The van der Waals surface area contributed by atoms with Gasteiger partial charge in [0.15, 0.2) is 5.78 Å². The van der Waals surface area contributed by atoms with Gasteiger partial charge in [0.25, 0.3) is 0 Å². The molecule has 6 nitrogen and oxygen atoms in total. The normalized spacial score (nSPS) is 11.7. The Morgan fingerprint density at radius 1 is 1.24 bits per heavy atom. The first-order valence-corrected chi connectivity index (χ1v) is 6.48. The van der Waals surface area contributed by atoms with Crippen LogP contribution in [0, 0.1) is 6.92 Å². The van der Waals surface area contributed by atoms with Gasteiger partial charge in [-0.15, -0.1) is 0 Å². The molecule has 0 saturated carbocycles. The molecule has 0 aromatic heterocycles. The van der Waals surface area contributed by atoms with Crippen molar-refractivity contribution in [3.8, 4) is 11.5 Å². The molecule has 0 aliphatic rings. The lowest BCUT2D eigenvalue weighted by Gasteiger charge is -2.13. The third-order valence-corrected chi connectivity index (χ3v) is 2.82. The van der Waals surface area contributed by atoms with Crippen molar-refractivity contribution < 1.29 is 28.9 Å². The molecule has 0 fully saturated rings. The topological polar surface area (TPSA) is 82.1 Å². The van der Waals surface area contributed by atoms with E-state index in [9.17, 15) is 9.59 Å². The summed E-state index contributed by atoms with van der Waals surface area (Å²) in [4.78, 5) is 23.5. The highest BCUT2D eigenvalue weighted by Crippen LogP contribution is 2.28. The zero-order chi connectivity index (χ0) is 16.0. The van der Waals surface area contributed by atoms with E-state index in [-0.39, 0.29) is 24.4 Å². The van der Waals surface area contributed by atoms with Crippen molar-refractivity contribution in [1.82, 2.24) is 0 Å². The van der Waals surface area contributed by atoms with Gasteiger partial charge in [-0.05, 0) is 25.5 Å². The minimum absolute atomic E-state index is 0.0496. The Morgan fingerprint density at radius 3 is 2.43 bits per heavy atom. The van der Waals surface area contributed by atoms with Crippen LogP contribution >= 0.6 is 0 Å². The van der Waals surface area contributed by atoms with Gasteiger partial charge in [0.1, 0.15) is 23.7 Å². The fraction of sp³-hybridized carbons (Fsp3) is 0.467. The van der Waals surface area contributed by atoms with Gasteiger partial charge in [0, 0.05) is 12.5 Å². The van der Waals surface area contributed by atoms with E-state index in [0.717, 1.165) is 0 Å². The number of hydrogen-bond donors (Lipinski definition) is 1. The van der Waals surface area contributed by atoms with Gasteiger partial charge >= 0.3 is 5.97 Å². The van der Waals surface area contributed by atoms with Crippen LogP contribution in [-0.2, 0) is 9.53 Å². The van der Waals surface area contributed by atoms with E-state index in [1.54, 1.807) is 19.1 Å². The highest BCUT2D eigenvalue weighted by molar-refractivity contribution is 5.96. The number of ether oxygens (including phenoxy) is 3. The summed E-state index contributed by atoms with van der Waals surface area (Å²) in [5.74, 6) is -0.111. The van der Waals surface area contributed by atoms with Gasteiger partial charge in [0.2, 0.25) is 0 Å². The van der Waals surface area contributed by atoms with E-state index in [1.165, 1.54) is 21.1 Å². The molecule has 0 unspecified atom stereocenters. The van der Waals surface area contributed by atoms with E-state index in [1.807, 2.05) is 0 Å². The highest BCUT2D eigenvalue weighted by Gasteiger charge is 2.19. The summed E-state index contributed by atoms with van der Waals surface area (Å²) in [5, 5.41) is 9.09. The average molecular weight is 296 g/mol. The molecule has 1 rings (SSSR count). The monoisotopic (exact) mass is 296 g/mol. The van der Waals surface area contributed by atoms with E-state index in [4.69, 9.17) is 19.3 Å². The van der Waals surface area contributed by atoms with Crippen molar-refractivity contribution in [2.24, 2.45) is 0 Å². The third kappa shape index (κ3) is 4.75. The summed E-state index contributed by atoms with van der Waals surface area (Å²) < 4.78 is 15.2. The molecule has 1 aromatic carbocycles. The van der Waals surface area contributed by atoms with Crippen LogP contribution in [0.15, 0.2) is 12.1 Å². The van der Waals surface area contributed by atoms with Crippen LogP contribution in [0.1, 0.15) is 29.3 Å². The number of aryl methyl sites for hydroxylation is 1. The van der Waals surface area contributed by atoms with Crippen LogP contribution in [0.25, 0.3) is 0 Å². The number of aliphatic hydroxyl groups is 1. The Balaban J connectivity index is 2.85. The standard InChI is InChI=1S/C15H20O6/c1-9-5-12(19-3)7-13(20-4)14(9)15(18)21-8-11(17)6-10(2)16/h5,7,10,16H,6,8H2,1-4H3/t10-/m0/s1. The molecule has 6 heteroatoms. The van der Waals surface area contributed by atoms with Crippen LogP contribution < -0.4 is 9.47 Å². The number of methoxy groups -OCH3 is 2. The summed E-state index contributed by atoms with van der Waals surface area (Å²) in [6.45, 7) is 2.84. The number of esters is 1. The molecule has 0 spiro atoms. The number of carbonyl (C=O) groups is 2. The summed E-state index contributed by atoms with van der Waals surface area (Å²) in [6, 6.07) is 3.25. The van der Waals surface area contributed by atoms with Crippen LogP contribution in [0.2, 0.25) is 0 Å². The molecule has 0 aliphatic carbocycles. The van der Waals surface area contributed by atoms with E-state index in [2.05, 4.69) is 0 Å². The fourth-order valence-corrected chi connectivity index (χ4v) is 1.87. The number of rotatable bonds is 7. The quantitative estimate of drug-likeness (QED) is 0.768. The minimum atomic E-state index is -0.756. The van der Waals surface area contributed by atoms with Gasteiger partial charge < -0.3 is 19.3 Å². The molecular weight excluding hydrogens is 276 g/mol. The molecule has 0 saturated heterocycles.